The summed E-state index contributed by atoms with van der Waals surface area (Å²) >= 11 is 0. The third-order valence-electron chi connectivity index (χ3n) is 9.01. The zero-order chi connectivity index (χ0) is 40.2. The van der Waals surface area contributed by atoms with E-state index in [2.05, 4.69) is 0 Å². The third kappa shape index (κ3) is 13.1. The van der Waals surface area contributed by atoms with Crippen molar-refractivity contribution in [3.05, 3.63) is 214 Å². The van der Waals surface area contributed by atoms with Gasteiger partial charge in [-0.15, -0.1) is 0 Å². The SMILES string of the molecule is O=C(c1ccccc1)c1ccc(COCCOB(OCCOCc2ccc(C(=O)c3ccccc3)cc2)OCCOCc2ccc(C(=O)c3ccccc3)cc2)cc1. The van der Waals surface area contributed by atoms with Gasteiger partial charge in [-0.05, 0) is 16.7 Å². The van der Waals surface area contributed by atoms with Crippen molar-refractivity contribution in [2.24, 2.45) is 0 Å². The molecular formula is C48H45BO9. The fraction of sp³-hybridized carbons (Fsp3) is 0.188. The Labute approximate surface area is 339 Å². The molecule has 0 N–H and O–H groups in total. The minimum absolute atomic E-state index is 0.0277. The predicted octanol–water partition coefficient (Wildman–Crippen LogP) is 8.36. The van der Waals surface area contributed by atoms with Crippen LogP contribution in [0.25, 0.3) is 0 Å². The van der Waals surface area contributed by atoms with Crippen molar-refractivity contribution < 1.29 is 42.6 Å². The van der Waals surface area contributed by atoms with Crippen molar-refractivity contribution in [3.63, 3.8) is 0 Å². The largest absolute Gasteiger partial charge is 0.639 e. The second kappa shape index (κ2) is 22.8. The quantitative estimate of drug-likeness (QED) is 0.0341. The molecule has 0 atom stereocenters. The van der Waals surface area contributed by atoms with Gasteiger partial charge in [-0.25, -0.2) is 0 Å². The number of hydrogen-bond acceptors (Lipinski definition) is 9. The van der Waals surface area contributed by atoms with Gasteiger partial charge < -0.3 is 28.2 Å². The maximum absolute atomic E-state index is 12.7. The van der Waals surface area contributed by atoms with Gasteiger partial charge in [0.05, 0.1) is 59.5 Å². The summed E-state index contributed by atoms with van der Waals surface area (Å²) in [7, 11) is -0.981. The van der Waals surface area contributed by atoms with Crippen molar-refractivity contribution in [1.29, 1.82) is 0 Å². The van der Waals surface area contributed by atoms with Crippen LogP contribution in [0.5, 0.6) is 0 Å². The van der Waals surface area contributed by atoms with E-state index in [1.165, 1.54) is 0 Å². The predicted molar refractivity (Wildman–Crippen MR) is 222 cm³/mol. The molecule has 0 heterocycles. The molecule has 0 aliphatic carbocycles. The van der Waals surface area contributed by atoms with Gasteiger partial charge >= 0.3 is 7.32 Å². The average molecular weight is 777 g/mol. The van der Waals surface area contributed by atoms with Gasteiger partial charge in [-0.3, -0.25) is 14.4 Å². The zero-order valence-electron chi connectivity index (χ0n) is 32.2. The lowest BCUT2D eigenvalue weighted by molar-refractivity contribution is 0.0143. The van der Waals surface area contributed by atoms with Crippen LogP contribution in [-0.4, -0.2) is 64.3 Å². The first-order valence-corrected chi connectivity index (χ1v) is 19.2. The number of carbonyl (C=O) groups is 3. The average Bonchev–Trinajstić information content (AvgIpc) is 3.29. The lowest BCUT2D eigenvalue weighted by Gasteiger charge is -2.15. The first-order valence-electron chi connectivity index (χ1n) is 19.2. The zero-order valence-corrected chi connectivity index (χ0v) is 32.2. The fourth-order valence-corrected chi connectivity index (χ4v) is 5.85. The molecule has 9 nitrogen and oxygen atoms in total. The van der Waals surface area contributed by atoms with E-state index in [9.17, 15) is 14.4 Å². The second-order valence-electron chi connectivity index (χ2n) is 13.2. The molecule has 0 aliphatic rings. The van der Waals surface area contributed by atoms with Crippen LogP contribution in [0.4, 0.5) is 0 Å². The molecule has 0 fully saturated rings. The van der Waals surface area contributed by atoms with Crippen molar-refractivity contribution in [3.8, 4) is 0 Å². The van der Waals surface area contributed by atoms with Crippen LogP contribution in [0.2, 0.25) is 0 Å². The molecule has 0 aliphatic heterocycles. The first kappa shape index (κ1) is 41.8. The van der Waals surface area contributed by atoms with E-state index in [4.69, 9.17) is 28.2 Å². The molecule has 0 unspecified atom stereocenters. The molecule has 0 saturated carbocycles. The van der Waals surface area contributed by atoms with Crippen molar-refractivity contribution in [1.82, 2.24) is 0 Å². The highest BCUT2D eigenvalue weighted by Crippen LogP contribution is 2.15. The molecule has 10 heteroatoms. The summed E-state index contributed by atoms with van der Waals surface area (Å²) in [6, 6.07) is 49.6. The van der Waals surface area contributed by atoms with Gasteiger partial charge in [0.2, 0.25) is 0 Å². The van der Waals surface area contributed by atoms with Gasteiger partial charge in [0, 0.05) is 33.4 Å². The van der Waals surface area contributed by atoms with Gasteiger partial charge in [-0.2, -0.15) is 0 Å². The molecule has 0 aromatic heterocycles. The van der Waals surface area contributed by atoms with Crippen LogP contribution >= 0.6 is 0 Å². The van der Waals surface area contributed by atoms with E-state index < -0.39 is 7.32 Å². The maximum Gasteiger partial charge on any atom is 0.639 e. The number of hydrogen-bond donors (Lipinski definition) is 0. The Morgan fingerprint density at radius 3 is 0.810 bits per heavy atom. The smallest absolute Gasteiger partial charge is 0.383 e. The van der Waals surface area contributed by atoms with Crippen molar-refractivity contribution >= 4 is 24.7 Å². The molecule has 6 aromatic rings. The monoisotopic (exact) mass is 776 g/mol. The van der Waals surface area contributed by atoms with Crippen LogP contribution in [0.3, 0.4) is 0 Å². The molecule has 0 amide bonds. The van der Waals surface area contributed by atoms with Crippen LogP contribution in [0.15, 0.2) is 164 Å². The van der Waals surface area contributed by atoms with Gasteiger partial charge in [0.15, 0.2) is 17.3 Å². The lowest BCUT2D eigenvalue weighted by Crippen LogP contribution is -2.31. The summed E-state index contributed by atoms with van der Waals surface area (Å²) in [5, 5.41) is 0. The Balaban J connectivity index is 0.920. The van der Waals surface area contributed by atoms with E-state index in [0.29, 0.717) is 53.2 Å². The molecule has 0 radical (unpaired) electrons. The van der Waals surface area contributed by atoms with Gasteiger partial charge in [0.1, 0.15) is 0 Å². The number of rotatable bonds is 24. The third-order valence-corrected chi connectivity index (χ3v) is 9.01. The van der Waals surface area contributed by atoms with E-state index in [0.717, 1.165) is 16.7 Å². The maximum atomic E-state index is 12.7. The lowest BCUT2D eigenvalue weighted by atomic mass is 10.0. The van der Waals surface area contributed by atoms with Crippen LogP contribution < -0.4 is 0 Å². The molecule has 0 spiro atoms. The number of carbonyl (C=O) groups excluding carboxylic acids is 3. The van der Waals surface area contributed by atoms with Crippen LogP contribution in [0, 0.1) is 0 Å². The summed E-state index contributed by atoms with van der Waals surface area (Å²) in [4.78, 5) is 38.1. The second-order valence-corrected chi connectivity index (χ2v) is 13.2. The fourth-order valence-electron chi connectivity index (χ4n) is 5.85. The Bertz CT molecular complexity index is 1890. The molecule has 294 valence electrons. The van der Waals surface area contributed by atoms with Crippen molar-refractivity contribution in [2.75, 3.05) is 39.6 Å². The topological polar surface area (TPSA) is 107 Å². The van der Waals surface area contributed by atoms with E-state index in [1.807, 2.05) is 91.0 Å². The summed E-state index contributed by atoms with van der Waals surface area (Å²) in [6.07, 6.45) is 0. The summed E-state index contributed by atoms with van der Waals surface area (Å²) in [5.41, 5.74) is 6.57. The highest BCUT2D eigenvalue weighted by atomic mass is 16.7. The molecule has 0 bridgehead atoms. The van der Waals surface area contributed by atoms with Crippen LogP contribution in [-0.2, 0) is 48.0 Å². The molecule has 6 rings (SSSR count). The summed E-state index contributed by atoms with van der Waals surface area (Å²) in [6.45, 7) is 2.52. The van der Waals surface area contributed by atoms with E-state index >= 15 is 0 Å². The summed E-state index contributed by atoms with van der Waals surface area (Å²) < 4.78 is 35.1. The molecule has 6 aromatic carbocycles. The molecular weight excluding hydrogens is 731 g/mol. The number of benzene rings is 6. The number of ether oxygens (including phenoxy) is 3. The van der Waals surface area contributed by atoms with Gasteiger partial charge in [0.25, 0.3) is 0 Å². The minimum Gasteiger partial charge on any atom is -0.383 e. The molecule has 0 saturated heterocycles. The highest BCUT2D eigenvalue weighted by molar-refractivity contribution is 6.36. The van der Waals surface area contributed by atoms with E-state index in [1.54, 1.807) is 72.8 Å². The Morgan fingerprint density at radius 2 is 0.552 bits per heavy atom. The van der Waals surface area contributed by atoms with Gasteiger partial charge in [-0.1, -0.05) is 164 Å². The molecule has 58 heavy (non-hydrogen) atoms. The van der Waals surface area contributed by atoms with E-state index in [-0.39, 0.29) is 57.0 Å². The standard InChI is InChI=1S/C48H45BO9/c50-46(40-10-4-1-5-11-40)43-22-16-37(17-23-43)34-53-28-31-56-49(57-32-29-54-35-38-18-24-44(25-19-38)47(51)41-12-6-2-7-13-41)58-33-30-55-36-39-20-26-45(27-21-39)48(52)42-14-8-3-9-15-42/h1-27H,28-36H2. The Kier molecular flexibility index (Phi) is 16.4. The normalized spacial score (nSPS) is 11.0. The highest BCUT2D eigenvalue weighted by Gasteiger charge is 2.21. The summed E-state index contributed by atoms with van der Waals surface area (Å²) in [5.74, 6) is -0.0832. The Hall–Kier alpha value is -5.85. The minimum atomic E-state index is -0.981. The number of ketones is 3. The van der Waals surface area contributed by atoms with Crippen LogP contribution in [0.1, 0.15) is 64.5 Å². The van der Waals surface area contributed by atoms with Crippen molar-refractivity contribution in [2.45, 2.75) is 19.8 Å². The first-order chi connectivity index (χ1) is 28.5. The Morgan fingerprint density at radius 1 is 0.310 bits per heavy atom.